The summed E-state index contributed by atoms with van der Waals surface area (Å²) >= 11 is 0. The summed E-state index contributed by atoms with van der Waals surface area (Å²) in [4.78, 5) is 27.6. The molecular weight excluding hydrogens is 378 g/mol. The lowest BCUT2D eigenvalue weighted by Crippen LogP contribution is -2.26. The summed E-state index contributed by atoms with van der Waals surface area (Å²) in [5.41, 5.74) is 3.25. The predicted octanol–water partition coefficient (Wildman–Crippen LogP) is 4.15. The summed E-state index contributed by atoms with van der Waals surface area (Å²) in [7, 11) is 1.72. The van der Waals surface area contributed by atoms with Crippen molar-refractivity contribution in [2.45, 2.75) is 26.8 Å². The smallest absolute Gasteiger partial charge is 0.254 e. The molecule has 0 radical (unpaired) electrons. The zero-order valence-corrected chi connectivity index (χ0v) is 17.2. The van der Waals surface area contributed by atoms with Gasteiger partial charge in [0.2, 0.25) is 5.89 Å². The molecule has 0 aliphatic heterocycles. The van der Waals surface area contributed by atoms with Crippen LogP contribution in [0, 0.1) is 5.92 Å². The molecule has 4 aromatic rings. The minimum Gasteiger partial charge on any atom is -0.337 e. The van der Waals surface area contributed by atoms with E-state index >= 15 is 0 Å². The molecule has 152 valence electrons. The molecule has 3 heterocycles. The van der Waals surface area contributed by atoms with Crippen molar-refractivity contribution in [3.63, 3.8) is 0 Å². The monoisotopic (exact) mass is 401 g/mol. The van der Waals surface area contributed by atoms with E-state index in [0.29, 0.717) is 23.2 Å². The van der Waals surface area contributed by atoms with E-state index in [0.717, 1.165) is 28.6 Å². The van der Waals surface area contributed by atoms with Crippen LogP contribution in [-0.4, -0.2) is 38.0 Å². The highest BCUT2D eigenvalue weighted by molar-refractivity contribution is 5.96. The molecule has 7 nitrogen and oxygen atoms in total. The maximum absolute atomic E-state index is 12.8. The Morgan fingerprint density at radius 1 is 1.07 bits per heavy atom. The van der Waals surface area contributed by atoms with Crippen LogP contribution in [0.5, 0.6) is 0 Å². The Kier molecular flexibility index (Phi) is 5.52. The molecule has 0 aliphatic carbocycles. The van der Waals surface area contributed by atoms with Crippen molar-refractivity contribution >= 4 is 16.8 Å². The van der Waals surface area contributed by atoms with Crippen LogP contribution in [-0.2, 0) is 13.0 Å². The minimum atomic E-state index is -0.113. The quantitative estimate of drug-likeness (QED) is 0.482. The van der Waals surface area contributed by atoms with Crippen LogP contribution >= 0.6 is 0 Å². The highest BCUT2D eigenvalue weighted by Gasteiger charge is 2.16. The van der Waals surface area contributed by atoms with Gasteiger partial charge in [0.15, 0.2) is 5.82 Å². The van der Waals surface area contributed by atoms with Crippen molar-refractivity contribution in [1.82, 2.24) is 25.0 Å². The number of carbonyl (C=O) groups is 1. The van der Waals surface area contributed by atoms with Crippen LogP contribution in [0.25, 0.3) is 22.2 Å². The summed E-state index contributed by atoms with van der Waals surface area (Å²) in [5.74, 6) is 1.44. The number of fused-ring (bicyclic) bond motifs is 1. The van der Waals surface area contributed by atoms with Gasteiger partial charge in [-0.15, -0.1) is 0 Å². The Morgan fingerprint density at radius 3 is 2.63 bits per heavy atom. The Morgan fingerprint density at radius 2 is 1.87 bits per heavy atom. The van der Waals surface area contributed by atoms with E-state index in [9.17, 15) is 4.79 Å². The average molecular weight is 401 g/mol. The average Bonchev–Trinajstić information content (AvgIpc) is 3.18. The van der Waals surface area contributed by atoms with Crippen LogP contribution in [0.1, 0.15) is 35.9 Å². The molecule has 4 rings (SSSR count). The fraction of sp³-hybridized carbons (Fsp3) is 0.261. The van der Waals surface area contributed by atoms with Gasteiger partial charge in [-0.2, -0.15) is 4.98 Å². The van der Waals surface area contributed by atoms with Crippen molar-refractivity contribution in [1.29, 1.82) is 0 Å². The van der Waals surface area contributed by atoms with Crippen LogP contribution in [0.15, 0.2) is 59.4 Å². The second kappa shape index (κ2) is 8.41. The zero-order valence-electron chi connectivity index (χ0n) is 17.2. The first-order valence-electron chi connectivity index (χ1n) is 9.88. The molecule has 1 aromatic carbocycles. The Hall–Kier alpha value is -3.61. The van der Waals surface area contributed by atoms with Gasteiger partial charge in [0.25, 0.3) is 5.91 Å². The lowest BCUT2D eigenvalue weighted by molar-refractivity contribution is 0.0769. The third kappa shape index (κ3) is 4.20. The van der Waals surface area contributed by atoms with E-state index < -0.39 is 0 Å². The van der Waals surface area contributed by atoms with Gasteiger partial charge in [0.1, 0.15) is 0 Å². The van der Waals surface area contributed by atoms with Crippen LogP contribution in [0.4, 0.5) is 0 Å². The lowest BCUT2D eigenvalue weighted by Gasteiger charge is -2.15. The third-order valence-electron chi connectivity index (χ3n) is 4.76. The highest BCUT2D eigenvalue weighted by atomic mass is 16.5. The third-order valence-corrected chi connectivity index (χ3v) is 4.76. The van der Waals surface area contributed by atoms with Gasteiger partial charge in [-0.3, -0.25) is 14.8 Å². The largest absolute Gasteiger partial charge is 0.337 e. The SMILES string of the molecule is CC(C)Cc1noc(CN(C)C(=O)c2ccc(-c3nccc4ncccc34)cc2)n1. The minimum absolute atomic E-state index is 0.113. The number of aromatic nitrogens is 4. The van der Waals surface area contributed by atoms with Gasteiger partial charge in [-0.1, -0.05) is 31.1 Å². The number of rotatable bonds is 6. The molecule has 0 saturated heterocycles. The van der Waals surface area contributed by atoms with E-state index in [1.54, 1.807) is 24.3 Å². The van der Waals surface area contributed by atoms with Gasteiger partial charge in [0, 0.05) is 42.4 Å². The van der Waals surface area contributed by atoms with Crippen LogP contribution < -0.4 is 0 Å². The number of hydrogen-bond donors (Lipinski definition) is 0. The van der Waals surface area contributed by atoms with Crippen molar-refractivity contribution in [2.75, 3.05) is 7.05 Å². The fourth-order valence-corrected chi connectivity index (χ4v) is 3.30. The molecule has 0 unspecified atom stereocenters. The molecule has 3 aromatic heterocycles. The van der Waals surface area contributed by atoms with Gasteiger partial charge in [-0.05, 0) is 36.2 Å². The van der Waals surface area contributed by atoms with Crippen molar-refractivity contribution < 1.29 is 9.32 Å². The number of nitrogens with zero attached hydrogens (tertiary/aromatic N) is 5. The molecule has 0 fully saturated rings. The number of carbonyl (C=O) groups excluding carboxylic acids is 1. The lowest BCUT2D eigenvalue weighted by atomic mass is 10.0. The number of amides is 1. The van der Waals surface area contributed by atoms with Crippen molar-refractivity contribution in [2.24, 2.45) is 5.92 Å². The van der Waals surface area contributed by atoms with Crippen molar-refractivity contribution in [3.8, 4) is 11.3 Å². The van der Waals surface area contributed by atoms with Gasteiger partial charge in [0.05, 0.1) is 17.8 Å². The molecule has 0 atom stereocenters. The Labute approximate surface area is 174 Å². The normalized spacial score (nSPS) is 11.2. The van der Waals surface area contributed by atoms with Crippen LogP contribution in [0.2, 0.25) is 0 Å². The van der Waals surface area contributed by atoms with E-state index in [2.05, 4.69) is 34.0 Å². The fourth-order valence-electron chi connectivity index (χ4n) is 3.30. The zero-order chi connectivity index (χ0) is 21.1. The Balaban J connectivity index is 1.49. The maximum atomic E-state index is 12.8. The first-order chi connectivity index (χ1) is 14.5. The van der Waals surface area contributed by atoms with Gasteiger partial charge in [-0.25, -0.2) is 0 Å². The standard InChI is InChI=1S/C23H23N5O2/c1-15(2)13-20-26-21(30-27-20)14-28(3)23(29)17-8-6-16(7-9-17)22-18-5-4-11-24-19(18)10-12-25-22/h4-12,15H,13-14H2,1-3H3. The van der Waals surface area contributed by atoms with Crippen LogP contribution in [0.3, 0.4) is 0 Å². The number of pyridine rings is 2. The van der Waals surface area contributed by atoms with E-state index in [4.69, 9.17) is 4.52 Å². The summed E-state index contributed by atoms with van der Waals surface area (Å²) < 4.78 is 5.27. The molecule has 0 N–H and O–H groups in total. The summed E-state index contributed by atoms with van der Waals surface area (Å²) in [5, 5.41) is 4.95. The molecule has 0 bridgehead atoms. The number of hydrogen-bond acceptors (Lipinski definition) is 6. The van der Waals surface area contributed by atoms with Crippen molar-refractivity contribution in [3.05, 3.63) is 72.1 Å². The second-order valence-corrected chi connectivity index (χ2v) is 7.67. The molecule has 1 amide bonds. The highest BCUT2D eigenvalue weighted by Crippen LogP contribution is 2.25. The molecule has 7 heteroatoms. The van der Waals surface area contributed by atoms with E-state index in [1.807, 2.05) is 42.5 Å². The predicted molar refractivity (Wildman–Crippen MR) is 114 cm³/mol. The first kappa shape index (κ1) is 19.7. The topological polar surface area (TPSA) is 85.0 Å². The summed E-state index contributed by atoms with van der Waals surface area (Å²) in [6.45, 7) is 4.46. The second-order valence-electron chi connectivity index (χ2n) is 7.67. The number of benzene rings is 1. The maximum Gasteiger partial charge on any atom is 0.254 e. The van der Waals surface area contributed by atoms with E-state index in [-0.39, 0.29) is 12.5 Å². The van der Waals surface area contributed by atoms with E-state index in [1.165, 1.54) is 0 Å². The molecule has 0 saturated carbocycles. The summed E-state index contributed by atoms with van der Waals surface area (Å²) in [6, 6.07) is 13.2. The Bertz CT molecular complexity index is 1160. The van der Waals surface area contributed by atoms with Gasteiger partial charge >= 0.3 is 0 Å². The molecule has 0 aliphatic rings. The molecule has 30 heavy (non-hydrogen) atoms. The summed E-state index contributed by atoms with van der Waals surface area (Å²) in [6.07, 6.45) is 4.26. The molecular formula is C23H23N5O2. The van der Waals surface area contributed by atoms with Gasteiger partial charge < -0.3 is 9.42 Å². The molecule has 0 spiro atoms. The first-order valence-corrected chi connectivity index (χ1v) is 9.88.